The van der Waals surface area contributed by atoms with Crippen molar-refractivity contribution in [2.45, 2.75) is 0 Å². The Labute approximate surface area is 156 Å². The summed E-state index contributed by atoms with van der Waals surface area (Å²) in [4.78, 5) is 22.5. The van der Waals surface area contributed by atoms with Crippen LogP contribution in [0, 0.1) is 4.91 Å². The van der Waals surface area contributed by atoms with E-state index in [1.807, 2.05) is 0 Å². The molecule has 0 unspecified atom stereocenters. The number of nitrogens with one attached hydrogen (secondary N) is 2. The molecule has 0 fully saturated rings. The lowest BCUT2D eigenvalue weighted by molar-refractivity contribution is -0.729. The molecule has 24 heavy (non-hydrogen) atoms. The first kappa shape index (κ1) is 18.4. The number of halogens is 3. The van der Waals surface area contributed by atoms with Crippen LogP contribution in [0.4, 0.5) is 11.4 Å². The maximum absolute atomic E-state index is 12.1. The largest absolute Gasteiger partial charge is 0.331 e. The highest BCUT2D eigenvalue weighted by Gasteiger charge is 2.14. The van der Waals surface area contributed by atoms with Crippen LogP contribution in [0.2, 0.25) is 15.1 Å². The molecule has 0 atom stereocenters. The van der Waals surface area contributed by atoms with Crippen molar-refractivity contribution in [2.24, 2.45) is 0 Å². The summed E-state index contributed by atoms with van der Waals surface area (Å²) in [6.45, 7) is 0. The van der Waals surface area contributed by atoms with E-state index in [1.54, 1.807) is 0 Å². The first-order chi connectivity index (χ1) is 11.3. The number of anilines is 1. The monoisotopic (exact) mass is 404 g/mol. The number of thiocarbonyl (C=S) groups is 1. The highest BCUT2D eigenvalue weighted by Crippen LogP contribution is 2.32. The molecule has 0 spiro atoms. The second kappa shape index (κ2) is 7.76. The Kier molecular flexibility index (Phi) is 5.95. The first-order valence-electron chi connectivity index (χ1n) is 6.31. The van der Waals surface area contributed by atoms with Crippen molar-refractivity contribution in [3.63, 3.8) is 0 Å². The summed E-state index contributed by atoms with van der Waals surface area (Å²) in [5, 5.41) is 14.8. The lowest BCUT2D eigenvalue weighted by atomic mass is 10.2. The van der Waals surface area contributed by atoms with E-state index in [1.165, 1.54) is 36.4 Å². The SMILES string of the molecule is O=C(NC(=S)Nc1cc(Cl)c(Cl)cc1Cl)c1ccc([N+](=O)O)cc1. The first-order valence-corrected chi connectivity index (χ1v) is 7.85. The molecule has 0 heterocycles. The molecule has 0 aliphatic heterocycles. The second-order valence-corrected chi connectivity index (χ2v) is 6.10. The van der Waals surface area contributed by atoms with Gasteiger partial charge in [0, 0.05) is 17.7 Å². The molecule has 6 nitrogen and oxygen atoms in total. The molecule has 0 saturated heterocycles. The van der Waals surface area contributed by atoms with Gasteiger partial charge in [0.15, 0.2) is 5.11 Å². The molecule has 0 saturated carbocycles. The molecule has 0 aliphatic rings. The lowest BCUT2D eigenvalue weighted by Crippen LogP contribution is -2.34. The molecule has 1 amide bonds. The molecule has 2 rings (SSSR count). The minimum absolute atomic E-state index is 0.00280. The molecule has 2 aromatic carbocycles. The zero-order valence-electron chi connectivity index (χ0n) is 11.7. The molecule has 0 bridgehead atoms. The van der Waals surface area contributed by atoms with Crippen LogP contribution in [0.1, 0.15) is 10.4 Å². The van der Waals surface area contributed by atoms with Crippen molar-refractivity contribution in [3.05, 3.63) is 61.9 Å². The molecule has 0 aliphatic carbocycles. The predicted octanol–water partition coefficient (Wildman–Crippen LogP) is 4.57. The highest BCUT2D eigenvalue weighted by molar-refractivity contribution is 7.80. The Balaban J connectivity index is 2.05. The number of carbonyl (C=O) groups excluding carboxylic acids is 1. The standard InChI is InChI=1S/C14H8Cl3N3O3S/c15-9-5-11(17)12(6-10(9)16)18-14(24)19-13(21)7-1-3-8(4-2-7)20(22)23/h1-6H,(H2-,18,19,21,22,23,24)/p+1. The molecule has 124 valence electrons. The van der Waals surface area contributed by atoms with Crippen LogP contribution < -0.4 is 10.6 Å². The Bertz CT molecular complexity index is 828. The number of hydrogen-bond acceptors (Lipinski definition) is 3. The van der Waals surface area contributed by atoms with Gasteiger partial charge >= 0.3 is 5.69 Å². The average Bonchev–Trinajstić information content (AvgIpc) is 2.52. The van der Waals surface area contributed by atoms with E-state index < -0.39 is 5.91 Å². The molecule has 0 aromatic heterocycles. The van der Waals surface area contributed by atoms with Gasteiger partial charge in [-0.25, -0.2) is 5.21 Å². The van der Waals surface area contributed by atoms with E-state index in [4.69, 9.17) is 52.2 Å². The summed E-state index contributed by atoms with van der Waals surface area (Å²) in [6.07, 6.45) is 0. The van der Waals surface area contributed by atoms with E-state index in [9.17, 15) is 9.70 Å². The minimum atomic E-state index is -0.509. The Morgan fingerprint density at radius 3 is 2.21 bits per heavy atom. The third-order valence-electron chi connectivity index (χ3n) is 2.84. The Morgan fingerprint density at radius 2 is 1.62 bits per heavy atom. The zero-order chi connectivity index (χ0) is 17.9. The van der Waals surface area contributed by atoms with Gasteiger partial charge in [0.25, 0.3) is 10.8 Å². The second-order valence-electron chi connectivity index (χ2n) is 4.47. The number of rotatable bonds is 3. The maximum atomic E-state index is 12.1. The fourth-order valence-corrected chi connectivity index (χ4v) is 2.48. The maximum Gasteiger partial charge on any atom is 0.316 e. The van der Waals surface area contributed by atoms with E-state index in [-0.39, 0.29) is 31.3 Å². The Hall–Kier alpha value is -1.93. The molecule has 3 N–H and O–H groups in total. The number of hydrogen-bond donors (Lipinski definition) is 3. The number of carbonyl (C=O) groups is 1. The van der Waals surface area contributed by atoms with Crippen LogP contribution in [0.25, 0.3) is 0 Å². The molecule has 0 radical (unpaired) electrons. The summed E-state index contributed by atoms with van der Waals surface area (Å²) >= 11 is 22.8. The fourth-order valence-electron chi connectivity index (χ4n) is 1.69. The third-order valence-corrected chi connectivity index (χ3v) is 4.07. The van der Waals surface area contributed by atoms with Gasteiger partial charge in [-0.2, -0.15) is 0 Å². The molecular formula is C14H9Cl3N3O3S+. The number of benzene rings is 2. The van der Waals surface area contributed by atoms with Crippen LogP contribution in [0.5, 0.6) is 0 Å². The van der Waals surface area contributed by atoms with E-state index in [0.29, 0.717) is 10.7 Å². The summed E-state index contributed by atoms with van der Waals surface area (Å²) in [5.74, 6) is -0.509. The smallest absolute Gasteiger partial charge is 0.316 e. The predicted molar refractivity (Wildman–Crippen MR) is 96.7 cm³/mol. The fraction of sp³-hybridized carbons (Fsp3) is 0. The van der Waals surface area contributed by atoms with Crippen molar-refractivity contribution in [3.8, 4) is 0 Å². The van der Waals surface area contributed by atoms with Gasteiger partial charge in [-0.3, -0.25) is 10.1 Å². The summed E-state index contributed by atoms with van der Waals surface area (Å²) < 4.78 is 0. The average molecular weight is 406 g/mol. The van der Waals surface area contributed by atoms with Gasteiger partial charge in [0.1, 0.15) is 0 Å². The summed E-state index contributed by atoms with van der Waals surface area (Å²) in [5.41, 5.74) is 0.619. The van der Waals surface area contributed by atoms with Crippen molar-refractivity contribution in [1.29, 1.82) is 0 Å². The molecule has 2 aromatic rings. The van der Waals surface area contributed by atoms with E-state index >= 15 is 0 Å². The topological polar surface area (TPSA) is 81.4 Å². The van der Waals surface area contributed by atoms with Gasteiger partial charge < -0.3 is 5.32 Å². The van der Waals surface area contributed by atoms with Crippen LogP contribution in [-0.2, 0) is 0 Å². The van der Waals surface area contributed by atoms with Crippen molar-refractivity contribution < 1.29 is 14.9 Å². The quantitative estimate of drug-likeness (QED) is 0.396. The van der Waals surface area contributed by atoms with Crippen LogP contribution >= 0.6 is 47.0 Å². The van der Waals surface area contributed by atoms with E-state index in [0.717, 1.165) is 0 Å². The Morgan fingerprint density at radius 1 is 1.04 bits per heavy atom. The van der Waals surface area contributed by atoms with Gasteiger partial charge in [0.2, 0.25) is 0 Å². The van der Waals surface area contributed by atoms with Crippen LogP contribution in [-0.4, -0.2) is 21.2 Å². The number of nitrogens with zero attached hydrogens (tertiary/aromatic N) is 1. The lowest BCUT2D eigenvalue weighted by Gasteiger charge is -2.11. The number of amides is 1. The summed E-state index contributed by atoms with van der Waals surface area (Å²) in [6, 6.07) is 8.22. The van der Waals surface area contributed by atoms with E-state index in [2.05, 4.69) is 10.6 Å². The van der Waals surface area contributed by atoms with Crippen molar-refractivity contribution in [1.82, 2.24) is 5.32 Å². The molecule has 10 heteroatoms. The summed E-state index contributed by atoms with van der Waals surface area (Å²) in [7, 11) is 0. The third kappa shape index (κ3) is 4.55. The van der Waals surface area contributed by atoms with Gasteiger partial charge in [0.05, 0.1) is 25.7 Å². The van der Waals surface area contributed by atoms with Gasteiger partial charge in [-0.05, 0) is 36.5 Å². The molecular weight excluding hydrogens is 397 g/mol. The van der Waals surface area contributed by atoms with Crippen molar-refractivity contribution >= 4 is 69.4 Å². The van der Waals surface area contributed by atoms with Crippen LogP contribution in [0.15, 0.2) is 36.4 Å². The normalized spacial score (nSPS) is 10.1. The zero-order valence-corrected chi connectivity index (χ0v) is 14.8. The van der Waals surface area contributed by atoms with Crippen molar-refractivity contribution in [2.75, 3.05) is 5.32 Å². The van der Waals surface area contributed by atoms with Gasteiger partial charge in [-0.1, -0.05) is 34.8 Å². The highest BCUT2D eigenvalue weighted by atomic mass is 35.5. The minimum Gasteiger partial charge on any atom is -0.331 e. The van der Waals surface area contributed by atoms with Gasteiger partial charge in [-0.15, -0.1) is 0 Å². The van der Waals surface area contributed by atoms with Crippen LogP contribution in [0.3, 0.4) is 0 Å².